The van der Waals surface area contributed by atoms with Gasteiger partial charge in [-0.05, 0) is 50.2 Å². The molecule has 3 heterocycles. The van der Waals surface area contributed by atoms with Gasteiger partial charge < -0.3 is 25.9 Å². The largest absolute Gasteiger partial charge is 0.478 e. The van der Waals surface area contributed by atoms with Crippen LogP contribution in [-0.2, 0) is 0 Å². The molecule has 180 valence electrons. The van der Waals surface area contributed by atoms with E-state index in [0.29, 0.717) is 44.9 Å². The van der Waals surface area contributed by atoms with Crippen LogP contribution in [-0.4, -0.2) is 35.6 Å². The molecule has 0 aliphatic rings. The van der Waals surface area contributed by atoms with Gasteiger partial charge in [0.15, 0.2) is 17.4 Å². The summed E-state index contributed by atoms with van der Waals surface area (Å²) in [6, 6.07) is 10.6. The van der Waals surface area contributed by atoms with Gasteiger partial charge in [0.1, 0.15) is 11.8 Å². The summed E-state index contributed by atoms with van der Waals surface area (Å²) in [4.78, 5) is 28.6. The average molecular weight is 485 g/mol. The molecule has 0 aliphatic heterocycles. The fraction of sp³-hybridized carbons (Fsp3) is 0.0800. The van der Waals surface area contributed by atoms with Gasteiger partial charge in [-0.15, -0.1) is 0 Å². The zero-order valence-corrected chi connectivity index (χ0v) is 19.2. The fourth-order valence-corrected chi connectivity index (χ4v) is 4.09. The molecule has 0 saturated carbocycles. The van der Waals surface area contributed by atoms with Crippen LogP contribution < -0.4 is 16.2 Å². The van der Waals surface area contributed by atoms with Gasteiger partial charge in [0.2, 0.25) is 0 Å². The summed E-state index contributed by atoms with van der Waals surface area (Å²) in [5, 5.41) is 9.87. The maximum absolute atomic E-state index is 15.3. The van der Waals surface area contributed by atoms with Gasteiger partial charge in [-0.2, -0.15) is 0 Å². The first-order valence-electron chi connectivity index (χ1n) is 10.8. The number of carbonyl (C=O) groups is 1. The van der Waals surface area contributed by atoms with Gasteiger partial charge in [-0.3, -0.25) is 0 Å². The van der Waals surface area contributed by atoms with Crippen LogP contribution in [0.5, 0.6) is 11.8 Å². The van der Waals surface area contributed by atoms with E-state index in [-0.39, 0.29) is 23.1 Å². The number of benzene rings is 2. The van der Waals surface area contributed by atoms with E-state index in [2.05, 4.69) is 19.9 Å². The Bertz CT molecular complexity index is 1670. The number of ether oxygens (including phenoxy) is 1. The Morgan fingerprint density at radius 2 is 1.86 bits per heavy atom. The molecule has 5 rings (SSSR count). The third-order valence-corrected chi connectivity index (χ3v) is 5.68. The molecule has 0 radical (unpaired) electrons. The minimum atomic E-state index is -1.17. The van der Waals surface area contributed by atoms with Crippen molar-refractivity contribution in [2.24, 2.45) is 0 Å². The zero-order valence-electron chi connectivity index (χ0n) is 19.2. The van der Waals surface area contributed by atoms with E-state index in [1.54, 1.807) is 42.7 Å². The normalized spacial score (nSPS) is 11.1. The van der Waals surface area contributed by atoms with Crippen LogP contribution in [0.2, 0.25) is 0 Å². The van der Waals surface area contributed by atoms with E-state index in [1.165, 1.54) is 30.7 Å². The van der Waals surface area contributed by atoms with Gasteiger partial charge in [-0.25, -0.2) is 29.1 Å². The second kappa shape index (κ2) is 8.62. The summed E-state index contributed by atoms with van der Waals surface area (Å²) < 4.78 is 22.4. The van der Waals surface area contributed by atoms with E-state index < -0.39 is 11.8 Å². The fourth-order valence-electron chi connectivity index (χ4n) is 4.09. The van der Waals surface area contributed by atoms with Crippen molar-refractivity contribution in [3.8, 4) is 28.7 Å². The molecule has 3 aromatic heterocycles. The number of aromatic carboxylic acids is 1. The summed E-state index contributed by atoms with van der Waals surface area (Å²) in [7, 11) is 0. The number of hydrogen-bond acceptors (Lipinski definition) is 8. The molecular formula is C25H20FN7O3. The first-order valence-corrected chi connectivity index (χ1v) is 10.8. The number of rotatable bonds is 5. The molecule has 0 fully saturated rings. The van der Waals surface area contributed by atoms with Crippen LogP contribution in [0, 0.1) is 19.7 Å². The van der Waals surface area contributed by atoms with E-state index in [9.17, 15) is 9.90 Å². The van der Waals surface area contributed by atoms with Crippen molar-refractivity contribution in [1.82, 2.24) is 24.5 Å². The molecule has 0 aliphatic carbocycles. The Hall–Kier alpha value is -5.06. The van der Waals surface area contributed by atoms with E-state index in [1.807, 2.05) is 0 Å². The summed E-state index contributed by atoms with van der Waals surface area (Å²) in [5.74, 6) is -1.78. The number of aryl methyl sites for hydroxylation is 2. The summed E-state index contributed by atoms with van der Waals surface area (Å²) in [6.45, 7) is 3.55. The summed E-state index contributed by atoms with van der Waals surface area (Å²) in [5.41, 5.74) is 15.7. The first kappa shape index (κ1) is 22.7. The molecule has 0 atom stereocenters. The highest BCUT2D eigenvalue weighted by atomic mass is 19.1. The predicted octanol–water partition coefficient (Wildman–Crippen LogP) is 4.29. The molecule has 10 nitrogen and oxygen atoms in total. The number of fused-ring (bicyclic) bond motifs is 1. The van der Waals surface area contributed by atoms with Gasteiger partial charge in [0.05, 0.1) is 16.8 Å². The van der Waals surface area contributed by atoms with Gasteiger partial charge in [-0.1, -0.05) is 0 Å². The molecule has 5 aromatic rings. The van der Waals surface area contributed by atoms with Crippen LogP contribution in [0.15, 0.2) is 55.0 Å². The monoisotopic (exact) mass is 485 g/mol. The Balaban J connectivity index is 1.74. The minimum Gasteiger partial charge on any atom is -0.478 e. The van der Waals surface area contributed by atoms with Crippen molar-refractivity contribution in [2.45, 2.75) is 13.8 Å². The third kappa shape index (κ3) is 3.82. The number of carboxylic acid groups (broad SMARTS) is 1. The Morgan fingerprint density at radius 3 is 2.58 bits per heavy atom. The number of nitrogens with two attached hydrogens (primary N) is 2. The predicted molar refractivity (Wildman–Crippen MR) is 132 cm³/mol. The third-order valence-electron chi connectivity index (χ3n) is 5.68. The summed E-state index contributed by atoms with van der Waals surface area (Å²) >= 11 is 0. The quantitative estimate of drug-likeness (QED) is 0.309. The highest BCUT2D eigenvalue weighted by Crippen LogP contribution is 2.39. The number of hydrogen-bond donors (Lipinski definition) is 3. The highest BCUT2D eigenvalue weighted by molar-refractivity contribution is 6.02. The number of aromatic nitrogens is 5. The molecular weight excluding hydrogens is 465 g/mol. The Kier molecular flexibility index (Phi) is 5.44. The van der Waals surface area contributed by atoms with Crippen molar-refractivity contribution >= 4 is 28.5 Å². The number of nitrogen functional groups attached to an aromatic ring is 2. The maximum Gasteiger partial charge on any atom is 0.336 e. The summed E-state index contributed by atoms with van der Waals surface area (Å²) in [6.07, 6.45) is 2.83. The molecule has 0 unspecified atom stereocenters. The Morgan fingerprint density at radius 1 is 1.06 bits per heavy atom. The smallest absolute Gasteiger partial charge is 0.336 e. The van der Waals surface area contributed by atoms with Crippen molar-refractivity contribution < 1.29 is 19.0 Å². The van der Waals surface area contributed by atoms with Crippen LogP contribution in [0.4, 0.5) is 15.9 Å². The maximum atomic E-state index is 15.3. The van der Waals surface area contributed by atoms with Gasteiger partial charge in [0, 0.05) is 40.5 Å². The number of anilines is 2. The van der Waals surface area contributed by atoms with Crippen molar-refractivity contribution in [3.63, 3.8) is 0 Å². The molecule has 2 aromatic carbocycles. The number of halogens is 1. The molecule has 36 heavy (non-hydrogen) atoms. The standard InChI is InChI=1S/C25H20FN7O3/c1-12-7-8-29-25(32-12)36-19-6-4-15(10-18(19)26)33-21(13(2)20-22(33)23(28)31-11-30-20)16-5-3-14(27)9-17(16)24(34)35/h3-11H,27H2,1-2H3,(H,34,35)(H2,28,30,31). The Labute approximate surface area is 204 Å². The van der Waals surface area contributed by atoms with Crippen LogP contribution in [0.1, 0.15) is 21.6 Å². The van der Waals surface area contributed by atoms with Crippen LogP contribution in [0.25, 0.3) is 28.0 Å². The number of carboxylic acids is 1. The lowest BCUT2D eigenvalue weighted by Gasteiger charge is -2.15. The molecule has 5 N–H and O–H groups in total. The SMILES string of the molecule is Cc1ccnc(Oc2ccc(-n3c(-c4ccc(N)cc4C(=O)O)c(C)c4ncnc(N)c43)cc2F)n1. The molecule has 11 heteroatoms. The highest BCUT2D eigenvalue weighted by Gasteiger charge is 2.25. The average Bonchev–Trinajstić information content (AvgIpc) is 3.14. The van der Waals surface area contributed by atoms with Crippen molar-refractivity contribution in [2.75, 3.05) is 11.5 Å². The van der Waals surface area contributed by atoms with E-state index in [4.69, 9.17) is 16.2 Å². The minimum absolute atomic E-state index is 0.00946. The second-order valence-electron chi connectivity index (χ2n) is 8.07. The van der Waals surface area contributed by atoms with Gasteiger partial charge >= 0.3 is 12.0 Å². The lowest BCUT2D eigenvalue weighted by Crippen LogP contribution is -2.06. The van der Waals surface area contributed by atoms with Crippen molar-refractivity contribution in [1.29, 1.82) is 0 Å². The van der Waals surface area contributed by atoms with Crippen LogP contribution >= 0.6 is 0 Å². The van der Waals surface area contributed by atoms with Crippen LogP contribution in [0.3, 0.4) is 0 Å². The second-order valence-corrected chi connectivity index (χ2v) is 8.07. The lowest BCUT2D eigenvalue weighted by atomic mass is 10.0. The molecule has 0 spiro atoms. The lowest BCUT2D eigenvalue weighted by molar-refractivity contribution is 0.0697. The van der Waals surface area contributed by atoms with E-state index in [0.717, 1.165) is 0 Å². The van der Waals surface area contributed by atoms with Crippen molar-refractivity contribution in [3.05, 3.63) is 77.6 Å². The van der Waals surface area contributed by atoms with E-state index >= 15 is 4.39 Å². The molecule has 0 amide bonds. The first-order chi connectivity index (χ1) is 17.2. The molecule has 0 bridgehead atoms. The molecule has 0 saturated heterocycles. The van der Waals surface area contributed by atoms with Gasteiger partial charge in [0.25, 0.3) is 0 Å². The topological polar surface area (TPSA) is 155 Å². The number of nitrogens with zero attached hydrogens (tertiary/aromatic N) is 5. The zero-order chi connectivity index (χ0) is 25.6.